The van der Waals surface area contributed by atoms with Crippen LogP contribution in [0.4, 0.5) is 4.39 Å². The van der Waals surface area contributed by atoms with Crippen molar-refractivity contribution < 1.29 is 12.8 Å². The lowest BCUT2D eigenvalue weighted by molar-refractivity contribution is 0.368. The van der Waals surface area contributed by atoms with Crippen LogP contribution in [0.15, 0.2) is 17.0 Å². The molecule has 0 aliphatic carbocycles. The Labute approximate surface area is 131 Å². The molecular weight excluding hydrogens is 315 g/mol. The second kappa shape index (κ2) is 7.54. The highest BCUT2D eigenvalue weighted by Gasteiger charge is 2.26. The van der Waals surface area contributed by atoms with Gasteiger partial charge in [0.1, 0.15) is 5.82 Å². The van der Waals surface area contributed by atoms with Gasteiger partial charge in [-0.3, -0.25) is 0 Å². The van der Waals surface area contributed by atoms with Gasteiger partial charge < -0.3 is 5.32 Å². The van der Waals surface area contributed by atoms with Crippen LogP contribution >= 0.6 is 11.6 Å². The van der Waals surface area contributed by atoms with Gasteiger partial charge in [-0.1, -0.05) is 24.9 Å². The van der Waals surface area contributed by atoms with E-state index in [1.165, 1.54) is 17.4 Å². The minimum atomic E-state index is -3.73. The first kappa shape index (κ1) is 18.4. The predicted octanol–water partition coefficient (Wildman–Crippen LogP) is 3.01. The van der Waals surface area contributed by atoms with E-state index >= 15 is 0 Å². The zero-order valence-electron chi connectivity index (χ0n) is 12.8. The van der Waals surface area contributed by atoms with Crippen molar-refractivity contribution in [3.05, 3.63) is 28.5 Å². The number of nitrogens with one attached hydrogen (secondary N) is 1. The lowest BCUT2D eigenvalue weighted by Gasteiger charge is -2.24. The van der Waals surface area contributed by atoms with E-state index in [0.717, 1.165) is 18.9 Å². The van der Waals surface area contributed by atoms with Gasteiger partial charge >= 0.3 is 0 Å². The van der Waals surface area contributed by atoms with Crippen molar-refractivity contribution in [1.29, 1.82) is 0 Å². The Morgan fingerprint density at radius 2 is 2.05 bits per heavy atom. The maximum Gasteiger partial charge on any atom is 0.243 e. The number of hydrogen-bond donors (Lipinski definition) is 1. The van der Waals surface area contributed by atoms with E-state index in [-0.39, 0.29) is 16.0 Å². The maximum atomic E-state index is 13.9. The van der Waals surface area contributed by atoms with Gasteiger partial charge in [0.25, 0.3) is 0 Å². The van der Waals surface area contributed by atoms with E-state index in [9.17, 15) is 12.8 Å². The Bertz CT molecular complexity index is 593. The standard InChI is InChI=1S/C14H22ClFN2O2S/c1-5-6-10(2)18(4)21(19,20)12-7-11(9-17-3)14(15)13(16)8-12/h7-8,10,17H,5-6,9H2,1-4H3. The maximum absolute atomic E-state index is 13.9. The van der Waals surface area contributed by atoms with Crippen molar-refractivity contribution >= 4 is 21.6 Å². The van der Waals surface area contributed by atoms with Gasteiger partial charge in [0.05, 0.1) is 9.92 Å². The van der Waals surface area contributed by atoms with Crippen LogP contribution in [0.3, 0.4) is 0 Å². The van der Waals surface area contributed by atoms with Crippen LogP contribution in [-0.4, -0.2) is 32.9 Å². The number of rotatable bonds is 7. The van der Waals surface area contributed by atoms with Crippen LogP contribution < -0.4 is 5.32 Å². The Morgan fingerprint density at radius 1 is 1.43 bits per heavy atom. The molecule has 21 heavy (non-hydrogen) atoms. The first-order chi connectivity index (χ1) is 9.75. The molecule has 1 aromatic carbocycles. The van der Waals surface area contributed by atoms with E-state index in [1.54, 1.807) is 7.05 Å². The van der Waals surface area contributed by atoms with Gasteiger partial charge in [-0.05, 0) is 38.1 Å². The number of hydrogen-bond acceptors (Lipinski definition) is 3. The summed E-state index contributed by atoms with van der Waals surface area (Å²) in [6, 6.07) is 2.25. The minimum Gasteiger partial charge on any atom is -0.316 e. The van der Waals surface area contributed by atoms with E-state index in [1.807, 2.05) is 13.8 Å². The van der Waals surface area contributed by atoms with Gasteiger partial charge in [0.15, 0.2) is 0 Å². The zero-order valence-corrected chi connectivity index (χ0v) is 14.4. The molecule has 0 bridgehead atoms. The van der Waals surface area contributed by atoms with Gasteiger partial charge in [0, 0.05) is 19.6 Å². The molecule has 0 fully saturated rings. The van der Waals surface area contributed by atoms with Gasteiger partial charge in [0.2, 0.25) is 10.0 Å². The molecule has 0 heterocycles. The molecule has 4 nitrogen and oxygen atoms in total. The third kappa shape index (κ3) is 4.16. The average molecular weight is 337 g/mol. The number of halogens is 2. The van der Waals surface area contributed by atoms with Gasteiger partial charge in [-0.25, -0.2) is 12.8 Å². The topological polar surface area (TPSA) is 49.4 Å². The molecule has 0 saturated carbocycles. The van der Waals surface area contributed by atoms with Crippen molar-refractivity contribution in [1.82, 2.24) is 9.62 Å². The third-order valence-corrected chi connectivity index (χ3v) is 5.82. The molecule has 120 valence electrons. The largest absolute Gasteiger partial charge is 0.316 e. The molecule has 0 aliphatic rings. The molecule has 0 amide bonds. The quantitative estimate of drug-likeness (QED) is 0.832. The zero-order chi connectivity index (χ0) is 16.2. The molecule has 7 heteroatoms. The lowest BCUT2D eigenvalue weighted by Crippen LogP contribution is -2.35. The molecule has 0 aliphatic heterocycles. The first-order valence-corrected chi connectivity index (χ1v) is 8.68. The van der Waals surface area contributed by atoms with Crippen LogP contribution in [-0.2, 0) is 16.6 Å². The molecule has 0 aromatic heterocycles. The third-order valence-electron chi connectivity index (χ3n) is 3.45. The van der Waals surface area contributed by atoms with Crippen LogP contribution in [0, 0.1) is 5.82 Å². The summed E-state index contributed by atoms with van der Waals surface area (Å²) in [5.74, 6) is -0.723. The fourth-order valence-electron chi connectivity index (χ4n) is 2.09. The molecule has 1 unspecified atom stereocenters. The van der Waals surface area contributed by atoms with Crippen LogP contribution in [0.25, 0.3) is 0 Å². The molecule has 1 N–H and O–H groups in total. The normalized spacial score (nSPS) is 13.7. The van der Waals surface area contributed by atoms with Crippen molar-refractivity contribution in [3.63, 3.8) is 0 Å². The van der Waals surface area contributed by atoms with Crippen LogP contribution in [0.5, 0.6) is 0 Å². The highest BCUT2D eigenvalue weighted by molar-refractivity contribution is 7.89. The summed E-state index contributed by atoms with van der Waals surface area (Å²) in [5.41, 5.74) is 0.425. The van der Waals surface area contributed by atoms with Crippen LogP contribution in [0.2, 0.25) is 5.02 Å². The van der Waals surface area contributed by atoms with Gasteiger partial charge in [-0.2, -0.15) is 4.31 Å². The molecule has 0 radical (unpaired) electrons. The van der Waals surface area contributed by atoms with Crippen LogP contribution in [0.1, 0.15) is 32.3 Å². The second-order valence-electron chi connectivity index (χ2n) is 5.07. The molecule has 1 aromatic rings. The highest BCUT2D eigenvalue weighted by Crippen LogP contribution is 2.27. The lowest BCUT2D eigenvalue weighted by atomic mass is 10.2. The van der Waals surface area contributed by atoms with Gasteiger partial charge in [-0.15, -0.1) is 0 Å². The fraction of sp³-hybridized carbons (Fsp3) is 0.571. The SMILES string of the molecule is CCCC(C)N(C)S(=O)(=O)c1cc(F)c(Cl)c(CNC)c1. The van der Waals surface area contributed by atoms with E-state index < -0.39 is 15.8 Å². The fourth-order valence-corrected chi connectivity index (χ4v) is 3.72. The minimum absolute atomic E-state index is 0.0486. The first-order valence-electron chi connectivity index (χ1n) is 6.86. The molecule has 0 spiro atoms. The summed E-state index contributed by atoms with van der Waals surface area (Å²) < 4.78 is 40.3. The van der Waals surface area contributed by atoms with E-state index in [2.05, 4.69) is 5.32 Å². The number of nitrogens with zero attached hydrogens (tertiary/aromatic N) is 1. The predicted molar refractivity (Wildman–Crippen MR) is 83.5 cm³/mol. The molecule has 1 atom stereocenters. The van der Waals surface area contributed by atoms with E-state index in [0.29, 0.717) is 12.1 Å². The molecule has 0 saturated heterocycles. The molecule has 1 rings (SSSR count). The average Bonchev–Trinajstić information content (AvgIpc) is 2.43. The summed E-state index contributed by atoms with van der Waals surface area (Å²) in [5, 5.41) is 2.79. The summed E-state index contributed by atoms with van der Waals surface area (Å²) >= 11 is 5.86. The Kier molecular flexibility index (Phi) is 6.59. The summed E-state index contributed by atoms with van der Waals surface area (Å²) in [4.78, 5) is -0.0693. The Hall–Kier alpha value is -0.690. The second-order valence-corrected chi connectivity index (χ2v) is 7.44. The van der Waals surface area contributed by atoms with Crippen molar-refractivity contribution in [2.75, 3.05) is 14.1 Å². The number of benzene rings is 1. The van der Waals surface area contributed by atoms with Crippen molar-refractivity contribution in [2.24, 2.45) is 0 Å². The smallest absolute Gasteiger partial charge is 0.243 e. The summed E-state index contributed by atoms with van der Waals surface area (Å²) in [6.07, 6.45) is 1.62. The van der Waals surface area contributed by atoms with E-state index in [4.69, 9.17) is 11.6 Å². The van der Waals surface area contributed by atoms with Crippen molar-refractivity contribution in [3.8, 4) is 0 Å². The summed E-state index contributed by atoms with van der Waals surface area (Å²) in [7, 11) is -0.534. The summed E-state index contributed by atoms with van der Waals surface area (Å²) in [6.45, 7) is 4.12. The highest BCUT2D eigenvalue weighted by atomic mass is 35.5. The van der Waals surface area contributed by atoms with Crippen molar-refractivity contribution in [2.45, 2.75) is 44.2 Å². The monoisotopic (exact) mass is 336 g/mol. The number of sulfonamides is 1. The Balaban J connectivity index is 3.25. The Morgan fingerprint density at radius 3 is 2.57 bits per heavy atom. The molecular formula is C14H22ClFN2O2S.